The molecule has 0 aromatic rings. The molecule has 1 aliphatic carbocycles. The second kappa shape index (κ2) is 5.05. The summed E-state index contributed by atoms with van der Waals surface area (Å²) < 4.78 is 5.82. The molecule has 1 aliphatic heterocycles. The van der Waals surface area contributed by atoms with Crippen LogP contribution in [0.5, 0.6) is 0 Å². The van der Waals surface area contributed by atoms with E-state index >= 15 is 0 Å². The third-order valence-corrected chi connectivity index (χ3v) is 3.18. The number of hydrogen-bond acceptors (Lipinski definition) is 4. The van der Waals surface area contributed by atoms with Gasteiger partial charge in [-0.3, -0.25) is 0 Å². The van der Waals surface area contributed by atoms with Gasteiger partial charge in [-0.05, 0) is 32.3 Å². The molecule has 0 aromatic carbocycles. The number of nitrogens with zero attached hydrogens (tertiary/aromatic N) is 2. The number of nitriles is 1. The molecule has 0 amide bonds. The van der Waals surface area contributed by atoms with Crippen molar-refractivity contribution in [2.75, 3.05) is 0 Å². The highest BCUT2D eigenvalue weighted by molar-refractivity contribution is 5.99. The first-order valence-corrected chi connectivity index (χ1v) is 5.97. The van der Waals surface area contributed by atoms with Gasteiger partial charge in [0.05, 0.1) is 0 Å². The van der Waals surface area contributed by atoms with Crippen LogP contribution in [-0.2, 0) is 4.74 Å². The molecule has 0 bridgehead atoms. The lowest BCUT2D eigenvalue weighted by molar-refractivity contribution is 0.101. The van der Waals surface area contributed by atoms with Crippen LogP contribution in [0.2, 0.25) is 0 Å². The molecule has 1 heterocycles. The maximum atomic E-state index is 8.80. The van der Waals surface area contributed by atoms with E-state index in [2.05, 4.69) is 11.1 Å². The van der Waals surface area contributed by atoms with Gasteiger partial charge in [0.25, 0.3) is 0 Å². The van der Waals surface area contributed by atoms with E-state index in [0.29, 0.717) is 11.6 Å². The average molecular weight is 231 g/mol. The van der Waals surface area contributed by atoms with Crippen molar-refractivity contribution in [2.45, 2.75) is 45.1 Å². The van der Waals surface area contributed by atoms with Gasteiger partial charge in [0, 0.05) is 18.5 Å². The highest BCUT2D eigenvalue weighted by Crippen LogP contribution is 2.26. The summed E-state index contributed by atoms with van der Waals surface area (Å²) in [7, 11) is 0. The molecule has 1 unspecified atom stereocenters. The molecule has 0 radical (unpaired) electrons. The highest BCUT2D eigenvalue weighted by Gasteiger charge is 2.20. The van der Waals surface area contributed by atoms with E-state index in [1.54, 1.807) is 0 Å². The lowest BCUT2D eigenvalue weighted by atomic mass is 9.95. The Kier molecular flexibility index (Phi) is 3.48. The molecule has 2 aliphatic rings. The topological polar surface area (TPSA) is 71.4 Å². The number of hydrogen-bond donors (Lipinski definition) is 1. The Hall–Kier alpha value is -1.76. The van der Waals surface area contributed by atoms with Crippen molar-refractivity contribution in [3.8, 4) is 6.07 Å². The molecule has 4 heteroatoms. The predicted octanol–water partition coefficient (Wildman–Crippen LogP) is 2.39. The molecule has 0 spiro atoms. The van der Waals surface area contributed by atoms with Gasteiger partial charge in [-0.2, -0.15) is 5.26 Å². The maximum Gasteiger partial charge on any atom is 0.210 e. The summed E-state index contributed by atoms with van der Waals surface area (Å²) in [4.78, 5) is 4.19. The standard InChI is InChI=1S/C13H17N3O/c1-9-7-11(5-6-12(9)15)17-13-4-2-3-10(8-14)16-13/h4,11H,2-3,5-7,15H2,1H3. The molecule has 0 saturated carbocycles. The lowest BCUT2D eigenvalue weighted by Crippen LogP contribution is -2.21. The van der Waals surface area contributed by atoms with Gasteiger partial charge in [0.1, 0.15) is 17.9 Å². The minimum absolute atomic E-state index is 0.148. The summed E-state index contributed by atoms with van der Waals surface area (Å²) in [5.41, 5.74) is 8.62. The van der Waals surface area contributed by atoms with E-state index in [1.807, 2.05) is 13.0 Å². The highest BCUT2D eigenvalue weighted by atomic mass is 16.5. The normalized spacial score (nSPS) is 24.8. The summed E-state index contributed by atoms with van der Waals surface area (Å²) in [5, 5.41) is 8.80. The van der Waals surface area contributed by atoms with Crippen LogP contribution in [0, 0.1) is 11.3 Å². The van der Waals surface area contributed by atoms with Crippen LogP contribution in [-0.4, -0.2) is 11.8 Å². The zero-order chi connectivity index (χ0) is 12.3. The molecule has 0 aromatic heterocycles. The van der Waals surface area contributed by atoms with E-state index in [9.17, 15) is 0 Å². The van der Waals surface area contributed by atoms with E-state index < -0.39 is 0 Å². The molecule has 4 nitrogen and oxygen atoms in total. The molecule has 1 atom stereocenters. The largest absolute Gasteiger partial charge is 0.474 e. The average Bonchev–Trinajstić information content (AvgIpc) is 2.34. The Balaban J connectivity index is 1.97. The van der Waals surface area contributed by atoms with E-state index in [4.69, 9.17) is 15.7 Å². The van der Waals surface area contributed by atoms with Crippen molar-refractivity contribution >= 4 is 5.71 Å². The fourth-order valence-corrected chi connectivity index (χ4v) is 2.10. The van der Waals surface area contributed by atoms with Crippen molar-refractivity contribution in [1.29, 1.82) is 5.26 Å². The van der Waals surface area contributed by atoms with Gasteiger partial charge in [0.15, 0.2) is 0 Å². The zero-order valence-electron chi connectivity index (χ0n) is 10.1. The Morgan fingerprint density at radius 1 is 1.53 bits per heavy atom. The molecule has 0 fully saturated rings. The molecule has 0 saturated heterocycles. The van der Waals surface area contributed by atoms with Crippen molar-refractivity contribution in [3.05, 3.63) is 23.2 Å². The third kappa shape index (κ3) is 2.88. The monoisotopic (exact) mass is 231 g/mol. The third-order valence-electron chi connectivity index (χ3n) is 3.18. The van der Waals surface area contributed by atoms with Gasteiger partial charge < -0.3 is 10.5 Å². The van der Waals surface area contributed by atoms with Gasteiger partial charge in [-0.15, -0.1) is 0 Å². The van der Waals surface area contributed by atoms with Crippen LogP contribution < -0.4 is 5.73 Å². The molecule has 17 heavy (non-hydrogen) atoms. The summed E-state index contributed by atoms with van der Waals surface area (Å²) in [6.45, 7) is 2.05. The Morgan fingerprint density at radius 2 is 2.35 bits per heavy atom. The fourth-order valence-electron chi connectivity index (χ4n) is 2.10. The van der Waals surface area contributed by atoms with Gasteiger partial charge in [0.2, 0.25) is 5.88 Å². The summed E-state index contributed by atoms with van der Waals surface area (Å²) in [6, 6.07) is 2.09. The van der Waals surface area contributed by atoms with Crippen LogP contribution in [0.25, 0.3) is 0 Å². The van der Waals surface area contributed by atoms with Crippen LogP contribution in [0.4, 0.5) is 0 Å². The summed E-state index contributed by atoms with van der Waals surface area (Å²) >= 11 is 0. The minimum Gasteiger partial charge on any atom is -0.474 e. The number of ether oxygens (including phenoxy) is 1. The van der Waals surface area contributed by atoms with Crippen LogP contribution in [0.15, 0.2) is 28.2 Å². The maximum absolute atomic E-state index is 8.80. The predicted molar refractivity (Wildman–Crippen MR) is 66.0 cm³/mol. The first-order chi connectivity index (χ1) is 8.19. The SMILES string of the molecule is CC1=C(N)CCC(OC2=CCCC(C#N)=N2)C1. The molecular weight excluding hydrogens is 214 g/mol. The molecule has 2 N–H and O–H groups in total. The van der Waals surface area contributed by atoms with E-state index in [1.165, 1.54) is 5.57 Å². The van der Waals surface area contributed by atoms with Crippen molar-refractivity contribution in [2.24, 2.45) is 10.7 Å². The van der Waals surface area contributed by atoms with Crippen LogP contribution in [0.3, 0.4) is 0 Å². The molecule has 90 valence electrons. The smallest absolute Gasteiger partial charge is 0.210 e. The Labute approximate surface area is 101 Å². The van der Waals surface area contributed by atoms with Gasteiger partial charge in [-0.25, -0.2) is 4.99 Å². The number of rotatable bonds is 2. The molecular formula is C13H17N3O. The first-order valence-electron chi connectivity index (χ1n) is 5.97. The van der Waals surface area contributed by atoms with Crippen LogP contribution >= 0.6 is 0 Å². The summed E-state index contributed by atoms with van der Waals surface area (Å²) in [6.07, 6.45) is 6.34. The van der Waals surface area contributed by atoms with Crippen molar-refractivity contribution in [3.63, 3.8) is 0 Å². The van der Waals surface area contributed by atoms with E-state index in [-0.39, 0.29) is 6.10 Å². The van der Waals surface area contributed by atoms with Gasteiger partial charge >= 0.3 is 0 Å². The molecule has 2 rings (SSSR count). The quantitative estimate of drug-likeness (QED) is 0.793. The first kappa shape index (κ1) is 11.7. The summed E-state index contributed by atoms with van der Waals surface area (Å²) in [5.74, 6) is 0.603. The second-order valence-electron chi connectivity index (χ2n) is 4.54. The van der Waals surface area contributed by atoms with Crippen molar-refractivity contribution < 1.29 is 4.74 Å². The lowest BCUT2D eigenvalue weighted by Gasteiger charge is -2.25. The Bertz CT molecular complexity index is 440. The Morgan fingerprint density at radius 3 is 3.06 bits per heavy atom. The number of nitrogens with two attached hydrogens (primary N) is 1. The zero-order valence-corrected chi connectivity index (χ0v) is 10.1. The number of aliphatic imine (C=N–C) groups is 1. The minimum atomic E-state index is 0.148. The second-order valence-corrected chi connectivity index (χ2v) is 4.54. The fraction of sp³-hybridized carbons (Fsp3) is 0.538. The van der Waals surface area contributed by atoms with Crippen LogP contribution in [0.1, 0.15) is 39.0 Å². The van der Waals surface area contributed by atoms with E-state index in [0.717, 1.165) is 37.8 Å². The van der Waals surface area contributed by atoms with Crippen molar-refractivity contribution in [1.82, 2.24) is 0 Å². The number of allylic oxidation sites excluding steroid dienone is 2. The van der Waals surface area contributed by atoms with Gasteiger partial charge in [-0.1, -0.05) is 5.57 Å².